The monoisotopic (exact) mass is 227 g/mol. The zero-order chi connectivity index (χ0) is 12.2. The Bertz CT molecular complexity index is 201. The fraction of sp³-hybridized carbons (Fsp3) is 1.00. The van der Waals surface area contributed by atoms with Gasteiger partial charge in [0.1, 0.15) is 0 Å². The highest BCUT2D eigenvalue weighted by molar-refractivity contribution is 4.89. The molecule has 0 aromatic rings. The first-order chi connectivity index (χ1) is 7.45. The number of hydrogen-bond acceptors (Lipinski definition) is 3. The second-order valence-corrected chi connectivity index (χ2v) is 6.04. The summed E-state index contributed by atoms with van der Waals surface area (Å²) in [5.74, 6) is 0.843. The number of rotatable bonds is 5. The molecule has 1 atom stereocenters. The minimum Gasteiger partial charge on any atom is -0.330 e. The Hall–Kier alpha value is -0.120. The van der Waals surface area contributed by atoms with E-state index in [1.54, 1.807) is 0 Å². The van der Waals surface area contributed by atoms with E-state index in [1.807, 2.05) is 0 Å². The van der Waals surface area contributed by atoms with Crippen molar-refractivity contribution in [2.45, 2.75) is 38.6 Å². The minimum absolute atomic E-state index is 0.355. The SMILES string of the molecule is CN(C)CCN1CCC(CCN)CC1(C)C. The first-order valence-electron chi connectivity index (χ1n) is 6.55. The van der Waals surface area contributed by atoms with Crippen molar-refractivity contribution in [1.82, 2.24) is 9.80 Å². The van der Waals surface area contributed by atoms with Crippen LogP contribution in [0.1, 0.15) is 33.1 Å². The van der Waals surface area contributed by atoms with Crippen molar-refractivity contribution in [2.24, 2.45) is 11.7 Å². The van der Waals surface area contributed by atoms with Gasteiger partial charge < -0.3 is 10.6 Å². The molecule has 1 saturated heterocycles. The third-order valence-corrected chi connectivity index (χ3v) is 3.84. The smallest absolute Gasteiger partial charge is 0.0156 e. The Balaban J connectivity index is 2.43. The second-order valence-electron chi connectivity index (χ2n) is 6.04. The average molecular weight is 227 g/mol. The number of nitrogens with two attached hydrogens (primary N) is 1. The van der Waals surface area contributed by atoms with Crippen LogP contribution in [0.5, 0.6) is 0 Å². The van der Waals surface area contributed by atoms with E-state index in [2.05, 4.69) is 37.7 Å². The van der Waals surface area contributed by atoms with E-state index < -0.39 is 0 Å². The summed E-state index contributed by atoms with van der Waals surface area (Å²) in [5, 5.41) is 0. The molecular weight excluding hydrogens is 198 g/mol. The van der Waals surface area contributed by atoms with Crippen molar-refractivity contribution in [3.63, 3.8) is 0 Å². The summed E-state index contributed by atoms with van der Waals surface area (Å²) in [5.41, 5.74) is 6.02. The van der Waals surface area contributed by atoms with Gasteiger partial charge in [-0.2, -0.15) is 0 Å². The highest BCUT2D eigenvalue weighted by Gasteiger charge is 2.33. The van der Waals surface area contributed by atoms with Crippen LogP contribution in [-0.4, -0.2) is 55.6 Å². The lowest BCUT2D eigenvalue weighted by Crippen LogP contribution is -2.52. The second kappa shape index (κ2) is 5.99. The van der Waals surface area contributed by atoms with E-state index in [0.717, 1.165) is 19.0 Å². The van der Waals surface area contributed by atoms with Crippen molar-refractivity contribution >= 4 is 0 Å². The van der Waals surface area contributed by atoms with Gasteiger partial charge in [-0.3, -0.25) is 4.90 Å². The maximum absolute atomic E-state index is 5.66. The summed E-state index contributed by atoms with van der Waals surface area (Å²) in [7, 11) is 4.29. The molecule has 0 aromatic heterocycles. The zero-order valence-corrected chi connectivity index (χ0v) is 11.5. The summed E-state index contributed by atoms with van der Waals surface area (Å²) in [4.78, 5) is 4.90. The van der Waals surface area contributed by atoms with E-state index in [1.165, 1.54) is 32.4 Å². The molecule has 1 rings (SSSR count). The van der Waals surface area contributed by atoms with Crippen molar-refractivity contribution in [1.29, 1.82) is 0 Å². The molecule has 1 heterocycles. The number of likely N-dealkylation sites (tertiary alicyclic amines) is 1. The fourth-order valence-corrected chi connectivity index (χ4v) is 2.80. The van der Waals surface area contributed by atoms with Crippen LogP contribution in [0.3, 0.4) is 0 Å². The van der Waals surface area contributed by atoms with Gasteiger partial charge in [0.25, 0.3) is 0 Å². The van der Waals surface area contributed by atoms with E-state index in [0.29, 0.717) is 5.54 Å². The molecule has 96 valence electrons. The van der Waals surface area contributed by atoms with E-state index in [4.69, 9.17) is 5.73 Å². The van der Waals surface area contributed by atoms with Crippen molar-refractivity contribution in [3.05, 3.63) is 0 Å². The Morgan fingerprint density at radius 2 is 2.06 bits per heavy atom. The molecule has 0 saturated carbocycles. The van der Waals surface area contributed by atoms with Gasteiger partial charge in [-0.25, -0.2) is 0 Å². The van der Waals surface area contributed by atoms with E-state index >= 15 is 0 Å². The van der Waals surface area contributed by atoms with Gasteiger partial charge in [0.15, 0.2) is 0 Å². The lowest BCUT2D eigenvalue weighted by atomic mass is 9.81. The van der Waals surface area contributed by atoms with Crippen LogP contribution in [0.15, 0.2) is 0 Å². The standard InChI is InChI=1S/C13H29N3/c1-13(2)11-12(5-7-14)6-8-16(13)10-9-15(3)4/h12H,5-11,14H2,1-4H3. The molecule has 1 fully saturated rings. The Labute approximate surface area is 101 Å². The molecule has 2 N–H and O–H groups in total. The minimum atomic E-state index is 0.355. The Kier molecular flexibility index (Phi) is 5.22. The number of likely N-dealkylation sites (N-methyl/N-ethyl adjacent to an activating group) is 1. The predicted molar refractivity (Wildman–Crippen MR) is 70.6 cm³/mol. The Morgan fingerprint density at radius 3 is 2.56 bits per heavy atom. The van der Waals surface area contributed by atoms with Crippen molar-refractivity contribution < 1.29 is 0 Å². The molecule has 0 radical (unpaired) electrons. The molecule has 0 aromatic carbocycles. The normalized spacial score (nSPS) is 26.2. The van der Waals surface area contributed by atoms with Crippen LogP contribution < -0.4 is 5.73 Å². The summed E-state index contributed by atoms with van der Waals surface area (Å²) in [6, 6.07) is 0. The summed E-state index contributed by atoms with van der Waals surface area (Å²) < 4.78 is 0. The molecule has 1 aliphatic heterocycles. The van der Waals surface area contributed by atoms with Gasteiger partial charge in [-0.1, -0.05) is 0 Å². The largest absolute Gasteiger partial charge is 0.330 e. The molecule has 0 aliphatic carbocycles. The van der Waals surface area contributed by atoms with Crippen LogP contribution >= 0.6 is 0 Å². The topological polar surface area (TPSA) is 32.5 Å². The first kappa shape index (κ1) is 13.9. The molecule has 0 spiro atoms. The summed E-state index contributed by atoms with van der Waals surface area (Å²) >= 11 is 0. The lowest BCUT2D eigenvalue weighted by molar-refractivity contribution is 0.0400. The third kappa shape index (κ3) is 4.04. The first-order valence-corrected chi connectivity index (χ1v) is 6.55. The van der Waals surface area contributed by atoms with E-state index in [9.17, 15) is 0 Å². The third-order valence-electron chi connectivity index (χ3n) is 3.84. The molecule has 3 nitrogen and oxygen atoms in total. The Morgan fingerprint density at radius 1 is 1.38 bits per heavy atom. The van der Waals surface area contributed by atoms with E-state index in [-0.39, 0.29) is 0 Å². The van der Waals surface area contributed by atoms with Crippen LogP contribution in [0.25, 0.3) is 0 Å². The van der Waals surface area contributed by atoms with Gasteiger partial charge in [0, 0.05) is 18.6 Å². The zero-order valence-electron chi connectivity index (χ0n) is 11.5. The van der Waals surface area contributed by atoms with Crippen LogP contribution in [0.2, 0.25) is 0 Å². The number of nitrogens with zero attached hydrogens (tertiary/aromatic N) is 2. The molecule has 16 heavy (non-hydrogen) atoms. The molecule has 1 aliphatic rings. The number of piperidine rings is 1. The summed E-state index contributed by atoms with van der Waals surface area (Å²) in [6.45, 7) is 9.20. The van der Waals surface area contributed by atoms with Crippen LogP contribution in [-0.2, 0) is 0 Å². The average Bonchev–Trinajstić information content (AvgIpc) is 2.15. The molecular formula is C13H29N3. The maximum atomic E-state index is 5.66. The van der Waals surface area contributed by atoms with Crippen molar-refractivity contribution in [2.75, 3.05) is 40.3 Å². The highest BCUT2D eigenvalue weighted by Crippen LogP contribution is 2.32. The fourth-order valence-electron chi connectivity index (χ4n) is 2.80. The molecule has 0 amide bonds. The maximum Gasteiger partial charge on any atom is 0.0156 e. The van der Waals surface area contributed by atoms with Gasteiger partial charge in [0.05, 0.1) is 0 Å². The van der Waals surface area contributed by atoms with Crippen LogP contribution in [0, 0.1) is 5.92 Å². The molecule has 1 unspecified atom stereocenters. The quantitative estimate of drug-likeness (QED) is 0.770. The molecule has 0 bridgehead atoms. The lowest BCUT2D eigenvalue weighted by Gasteiger charge is -2.46. The number of hydrogen-bond donors (Lipinski definition) is 1. The highest BCUT2D eigenvalue weighted by atomic mass is 15.2. The van der Waals surface area contributed by atoms with Crippen molar-refractivity contribution in [3.8, 4) is 0 Å². The van der Waals surface area contributed by atoms with Gasteiger partial charge in [-0.15, -0.1) is 0 Å². The molecule has 3 heteroatoms. The predicted octanol–water partition coefficient (Wildman–Crippen LogP) is 1.39. The summed E-state index contributed by atoms with van der Waals surface area (Å²) in [6.07, 6.45) is 3.83. The van der Waals surface area contributed by atoms with Gasteiger partial charge in [0.2, 0.25) is 0 Å². The van der Waals surface area contributed by atoms with Crippen LogP contribution in [0.4, 0.5) is 0 Å². The van der Waals surface area contributed by atoms with Gasteiger partial charge >= 0.3 is 0 Å². The van der Waals surface area contributed by atoms with Gasteiger partial charge in [-0.05, 0) is 66.2 Å².